The molecule has 4 nitrogen and oxygen atoms in total. The summed E-state index contributed by atoms with van der Waals surface area (Å²) in [4.78, 5) is 8.11. The van der Waals surface area contributed by atoms with Gasteiger partial charge in [-0.2, -0.15) is 0 Å². The van der Waals surface area contributed by atoms with Crippen LogP contribution >= 0.6 is 0 Å². The molecule has 0 saturated carbocycles. The minimum absolute atomic E-state index is 0.591. The highest BCUT2D eigenvalue weighted by Gasteiger charge is 2.06. The standard InChI is InChI=1S/C9H16N4/c1-3-5-7-8(10)12-6-13-9(7)11-4-2/h6H,3-5H2,1-2H3,(H3,10,11,12,13). The van der Waals surface area contributed by atoms with E-state index in [0.29, 0.717) is 5.82 Å². The predicted molar refractivity (Wildman–Crippen MR) is 54.6 cm³/mol. The second kappa shape index (κ2) is 4.64. The maximum absolute atomic E-state index is 5.75. The molecular formula is C9H16N4. The maximum Gasteiger partial charge on any atom is 0.134 e. The van der Waals surface area contributed by atoms with Crippen molar-refractivity contribution in [3.05, 3.63) is 11.9 Å². The van der Waals surface area contributed by atoms with E-state index in [1.165, 1.54) is 6.33 Å². The summed E-state index contributed by atoms with van der Waals surface area (Å²) in [6.07, 6.45) is 3.47. The SMILES string of the molecule is CCCc1c(N)ncnc1NCC. The van der Waals surface area contributed by atoms with Crippen molar-refractivity contribution >= 4 is 11.6 Å². The van der Waals surface area contributed by atoms with Crippen LogP contribution in [0, 0.1) is 0 Å². The molecule has 0 fully saturated rings. The largest absolute Gasteiger partial charge is 0.383 e. The minimum Gasteiger partial charge on any atom is -0.383 e. The van der Waals surface area contributed by atoms with E-state index < -0.39 is 0 Å². The van der Waals surface area contributed by atoms with Crippen molar-refractivity contribution < 1.29 is 0 Å². The molecule has 0 atom stereocenters. The highest BCUT2D eigenvalue weighted by atomic mass is 15.0. The number of rotatable bonds is 4. The Hall–Kier alpha value is -1.32. The first kappa shape index (κ1) is 9.77. The second-order valence-corrected chi connectivity index (χ2v) is 2.87. The van der Waals surface area contributed by atoms with Gasteiger partial charge in [0.1, 0.15) is 18.0 Å². The molecule has 0 amide bonds. The number of anilines is 2. The summed E-state index contributed by atoms with van der Waals surface area (Å²) in [7, 11) is 0. The van der Waals surface area contributed by atoms with Crippen molar-refractivity contribution in [2.24, 2.45) is 0 Å². The molecule has 3 N–H and O–H groups in total. The lowest BCUT2D eigenvalue weighted by Crippen LogP contribution is -2.07. The van der Waals surface area contributed by atoms with Crippen LogP contribution < -0.4 is 11.1 Å². The summed E-state index contributed by atoms with van der Waals surface area (Å²) >= 11 is 0. The summed E-state index contributed by atoms with van der Waals surface area (Å²) in [6.45, 7) is 5.00. The Morgan fingerprint density at radius 3 is 2.77 bits per heavy atom. The lowest BCUT2D eigenvalue weighted by molar-refractivity contribution is 0.903. The summed E-state index contributed by atoms with van der Waals surface area (Å²) in [6, 6.07) is 0. The van der Waals surface area contributed by atoms with Gasteiger partial charge in [0.05, 0.1) is 0 Å². The zero-order chi connectivity index (χ0) is 9.68. The summed E-state index contributed by atoms with van der Waals surface area (Å²) < 4.78 is 0. The topological polar surface area (TPSA) is 63.8 Å². The van der Waals surface area contributed by atoms with Crippen molar-refractivity contribution in [1.82, 2.24) is 9.97 Å². The fourth-order valence-electron chi connectivity index (χ4n) is 1.24. The third kappa shape index (κ3) is 2.31. The average Bonchev–Trinajstić information content (AvgIpc) is 2.11. The smallest absolute Gasteiger partial charge is 0.134 e. The monoisotopic (exact) mass is 180 g/mol. The van der Waals surface area contributed by atoms with Gasteiger partial charge in [-0.25, -0.2) is 9.97 Å². The zero-order valence-corrected chi connectivity index (χ0v) is 8.17. The van der Waals surface area contributed by atoms with Crippen molar-refractivity contribution in [2.75, 3.05) is 17.6 Å². The summed E-state index contributed by atoms with van der Waals surface area (Å²) in [5, 5.41) is 3.17. The molecule has 0 saturated heterocycles. The molecule has 0 aromatic carbocycles. The van der Waals surface area contributed by atoms with Gasteiger partial charge < -0.3 is 11.1 Å². The van der Waals surface area contributed by atoms with E-state index in [-0.39, 0.29) is 0 Å². The van der Waals surface area contributed by atoms with Gasteiger partial charge in [-0.15, -0.1) is 0 Å². The first-order valence-corrected chi connectivity index (χ1v) is 4.62. The normalized spacial score (nSPS) is 10.0. The Labute approximate surface area is 78.6 Å². The fraction of sp³-hybridized carbons (Fsp3) is 0.556. The Kier molecular flexibility index (Phi) is 3.49. The lowest BCUT2D eigenvalue weighted by Gasteiger charge is -2.09. The third-order valence-electron chi connectivity index (χ3n) is 1.82. The molecule has 1 rings (SSSR count). The molecule has 0 aliphatic carbocycles. The van der Waals surface area contributed by atoms with Gasteiger partial charge in [0.2, 0.25) is 0 Å². The van der Waals surface area contributed by atoms with Gasteiger partial charge in [0.25, 0.3) is 0 Å². The molecule has 72 valence electrons. The van der Waals surface area contributed by atoms with Crippen LogP contribution in [0.4, 0.5) is 11.6 Å². The van der Waals surface area contributed by atoms with Gasteiger partial charge in [0.15, 0.2) is 0 Å². The Bertz CT molecular complexity index is 272. The Balaban J connectivity index is 2.95. The molecule has 0 unspecified atom stereocenters. The first-order chi connectivity index (χ1) is 6.29. The highest BCUT2D eigenvalue weighted by molar-refractivity contribution is 5.54. The van der Waals surface area contributed by atoms with Gasteiger partial charge in [0, 0.05) is 12.1 Å². The molecule has 1 aromatic heterocycles. The number of aromatic nitrogens is 2. The van der Waals surface area contributed by atoms with Crippen molar-refractivity contribution in [2.45, 2.75) is 26.7 Å². The maximum atomic E-state index is 5.75. The molecule has 4 heteroatoms. The van der Waals surface area contributed by atoms with Crippen LogP contribution in [0.2, 0.25) is 0 Å². The molecule has 1 heterocycles. The summed E-state index contributed by atoms with van der Waals surface area (Å²) in [5.41, 5.74) is 6.78. The minimum atomic E-state index is 0.591. The van der Waals surface area contributed by atoms with Crippen LogP contribution in [-0.2, 0) is 6.42 Å². The quantitative estimate of drug-likeness (QED) is 0.736. The zero-order valence-electron chi connectivity index (χ0n) is 8.17. The Morgan fingerprint density at radius 2 is 2.15 bits per heavy atom. The summed E-state index contributed by atoms with van der Waals surface area (Å²) in [5.74, 6) is 1.46. The first-order valence-electron chi connectivity index (χ1n) is 4.62. The van der Waals surface area contributed by atoms with Crippen LogP contribution in [0.5, 0.6) is 0 Å². The van der Waals surface area contributed by atoms with Gasteiger partial charge >= 0.3 is 0 Å². The molecular weight excluding hydrogens is 164 g/mol. The van der Waals surface area contributed by atoms with Crippen molar-refractivity contribution in [1.29, 1.82) is 0 Å². The number of nitrogens with one attached hydrogen (secondary N) is 1. The van der Waals surface area contributed by atoms with Gasteiger partial charge in [-0.3, -0.25) is 0 Å². The molecule has 13 heavy (non-hydrogen) atoms. The van der Waals surface area contributed by atoms with E-state index in [4.69, 9.17) is 5.73 Å². The molecule has 0 bridgehead atoms. The van der Waals surface area contributed by atoms with E-state index >= 15 is 0 Å². The van der Waals surface area contributed by atoms with Crippen LogP contribution in [0.15, 0.2) is 6.33 Å². The van der Waals surface area contributed by atoms with E-state index in [1.54, 1.807) is 0 Å². The van der Waals surface area contributed by atoms with Crippen LogP contribution in [0.3, 0.4) is 0 Å². The van der Waals surface area contributed by atoms with E-state index in [1.807, 2.05) is 6.92 Å². The van der Waals surface area contributed by atoms with Gasteiger partial charge in [-0.05, 0) is 13.3 Å². The number of nitrogens with zero attached hydrogens (tertiary/aromatic N) is 2. The van der Waals surface area contributed by atoms with Crippen LogP contribution in [0.1, 0.15) is 25.8 Å². The average molecular weight is 180 g/mol. The van der Waals surface area contributed by atoms with Crippen molar-refractivity contribution in [3.8, 4) is 0 Å². The predicted octanol–water partition coefficient (Wildman–Crippen LogP) is 1.44. The van der Waals surface area contributed by atoms with Crippen LogP contribution in [-0.4, -0.2) is 16.5 Å². The molecule has 0 aliphatic rings. The fourth-order valence-corrected chi connectivity index (χ4v) is 1.24. The number of nitrogens with two attached hydrogens (primary N) is 1. The second-order valence-electron chi connectivity index (χ2n) is 2.87. The number of nitrogen functional groups attached to an aromatic ring is 1. The van der Waals surface area contributed by atoms with Crippen LogP contribution in [0.25, 0.3) is 0 Å². The molecule has 1 aromatic rings. The Morgan fingerprint density at radius 1 is 1.38 bits per heavy atom. The lowest BCUT2D eigenvalue weighted by atomic mass is 10.1. The van der Waals surface area contributed by atoms with E-state index in [0.717, 1.165) is 30.8 Å². The number of hydrogen-bond acceptors (Lipinski definition) is 4. The van der Waals surface area contributed by atoms with E-state index in [2.05, 4.69) is 22.2 Å². The number of hydrogen-bond donors (Lipinski definition) is 2. The molecule has 0 aliphatic heterocycles. The molecule has 0 radical (unpaired) electrons. The van der Waals surface area contributed by atoms with Gasteiger partial charge in [-0.1, -0.05) is 13.3 Å². The highest BCUT2D eigenvalue weighted by Crippen LogP contribution is 2.18. The molecule has 0 spiro atoms. The van der Waals surface area contributed by atoms with Crippen molar-refractivity contribution in [3.63, 3.8) is 0 Å². The third-order valence-corrected chi connectivity index (χ3v) is 1.82. The van der Waals surface area contributed by atoms with E-state index in [9.17, 15) is 0 Å².